The van der Waals surface area contributed by atoms with Crippen molar-refractivity contribution in [1.29, 1.82) is 0 Å². The fourth-order valence-electron chi connectivity index (χ4n) is 4.77. The van der Waals surface area contributed by atoms with Crippen molar-refractivity contribution in [2.75, 3.05) is 20.1 Å². The molecule has 0 radical (unpaired) electrons. The Morgan fingerprint density at radius 2 is 1.78 bits per heavy atom. The number of pyridine rings is 1. The van der Waals surface area contributed by atoms with Gasteiger partial charge in [0.15, 0.2) is 5.65 Å². The molecule has 1 saturated heterocycles. The number of aryl methyl sites for hydroxylation is 1. The van der Waals surface area contributed by atoms with Crippen LogP contribution in [0.25, 0.3) is 11.0 Å². The van der Waals surface area contributed by atoms with Crippen molar-refractivity contribution in [1.82, 2.24) is 25.0 Å². The zero-order chi connectivity index (χ0) is 22.2. The number of aromatic nitrogens is 3. The molecule has 2 fully saturated rings. The highest BCUT2D eigenvalue weighted by atomic mass is 16.2. The number of nitrogens with zero attached hydrogens (tertiary/aromatic N) is 4. The maximum atomic E-state index is 12.8. The molecule has 5 rings (SSSR count). The standard InChI is InChI=1S/C25H29N5O2/c1-26-25(32)19-15-20(17-8-9-17)27-24-22(19)23(28-29(24)2)18-10-12-30(13-11-18)21(31)14-16-6-4-3-5-7-16/h3-7,15,17-18H,8-14H2,1-2H3,(H,26,32). The summed E-state index contributed by atoms with van der Waals surface area (Å²) >= 11 is 0. The molecule has 1 saturated carbocycles. The second-order valence-corrected chi connectivity index (χ2v) is 8.97. The molecule has 32 heavy (non-hydrogen) atoms. The molecule has 166 valence electrons. The average Bonchev–Trinajstić information content (AvgIpc) is 3.62. The third-order valence-electron chi connectivity index (χ3n) is 6.74. The summed E-state index contributed by atoms with van der Waals surface area (Å²) in [5.41, 5.74) is 4.43. The number of carbonyl (C=O) groups excluding carboxylic acids is 2. The van der Waals surface area contributed by atoms with E-state index in [0.717, 1.165) is 53.7 Å². The number of amides is 2. The first-order valence-electron chi connectivity index (χ1n) is 11.5. The van der Waals surface area contributed by atoms with E-state index in [1.807, 2.05) is 53.0 Å². The minimum atomic E-state index is -0.0935. The molecule has 1 aliphatic carbocycles. The van der Waals surface area contributed by atoms with Gasteiger partial charge in [0.1, 0.15) is 0 Å². The van der Waals surface area contributed by atoms with Crippen molar-refractivity contribution in [3.05, 3.63) is 58.9 Å². The third kappa shape index (κ3) is 3.87. The number of fused-ring (bicyclic) bond motifs is 1. The van der Waals surface area contributed by atoms with Crippen molar-refractivity contribution in [3.8, 4) is 0 Å². The van der Waals surface area contributed by atoms with E-state index in [2.05, 4.69) is 5.32 Å². The van der Waals surface area contributed by atoms with Gasteiger partial charge in [-0.1, -0.05) is 30.3 Å². The SMILES string of the molecule is CNC(=O)c1cc(C2CC2)nc2c1c(C1CCN(C(=O)Cc3ccccc3)CC1)nn2C. The Kier molecular flexibility index (Phi) is 5.41. The number of hydrogen-bond acceptors (Lipinski definition) is 4. The Balaban J connectivity index is 1.38. The van der Waals surface area contributed by atoms with Gasteiger partial charge in [0.25, 0.3) is 5.91 Å². The lowest BCUT2D eigenvalue weighted by atomic mass is 9.90. The molecule has 0 bridgehead atoms. The van der Waals surface area contributed by atoms with E-state index in [-0.39, 0.29) is 17.7 Å². The van der Waals surface area contributed by atoms with Gasteiger partial charge in [-0.05, 0) is 37.3 Å². The molecule has 1 aliphatic heterocycles. The lowest BCUT2D eigenvalue weighted by molar-refractivity contribution is -0.131. The van der Waals surface area contributed by atoms with E-state index in [4.69, 9.17) is 10.1 Å². The quantitative estimate of drug-likeness (QED) is 0.673. The smallest absolute Gasteiger partial charge is 0.251 e. The molecule has 1 aromatic carbocycles. The van der Waals surface area contributed by atoms with E-state index < -0.39 is 0 Å². The Bertz CT molecular complexity index is 1160. The van der Waals surface area contributed by atoms with Crippen molar-refractivity contribution < 1.29 is 9.59 Å². The summed E-state index contributed by atoms with van der Waals surface area (Å²) in [6.07, 6.45) is 4.37. The summed E-state index contributed by atoms with van der Waals surface area (Å²) in [5, 5.41) is 8.47. The molecule has 1 N–H and O–H groups in total. The maximum Gasteiger partial charge on any atom is 0.251 e. The first-order chi connectivity index (χ1) is 15.5. The van der Waals surface area contributed by atoms with Gasteiger partial charge in [0, 0.05) is 44.7 Å². The first kappa shape index (κ1) is 20.7. The third-order valence-corrected chi connectivity index (χ3v) is 6.74. The molecule has 0 unspecified atom stereocenters. The van der Waals surface area contributed by atoms with Crippen LogP contribution in [0.4, 0.5) is 0 Å². The van der Waals surface area contributed by atoms with Gasteiger partial charge < -0.3 is 10.2 Å². The second kappa shape index (κ2) is 8.37. The number of hydrogen-bond donors (Lipinski definition) is 1. The van der Waals surface area contributed by atoms with Crippen LogP contribution in [-0.4, -0.2) is 51.6 Å². The van der Waals surface area contributed by atoms with Crippen molar-refractivity contribution in [2.45, 2.75) is 43.9 Å². The van der Waals surface area contributed by atoms with Gasteiger partial charge in [0.05, 0.1) is 23.1 Å². The molecule has 2 aromatic heterocycles. The van der Waals surface area contributed by atoms with Crippen LogP contribution in [0.15, 0.2) is 36.4 Å². The fraction of sp³-hybridized carbons (Fsp3) is 0.440. The number of benzene rings is 1. The zero-order valence-electron chi connectivity index (χ0n) is 18.7. The topological polar surface area (TPSA) is 80.1 Å². The van der Waals surface area contributed by atoms with E-state index in [1.54, 1.807) is 7.05 Å². The van der Waals surface area contributed by atoms with Gasteiger partial charge in [0.2, 0.25) is 5.91 Å². The number of rotatable bonds is 5. The fourth-order valence-corrected chi connectivity index (χ4v) is 4.77. The molecular formula is C25H29N5O2. The second-order valence-electron chi connectivity index (χ2n) is 8.97. The summed E-state index contributed by atoms with van der Waals surface area (Å²) in [6.45, 7) is 1.41. The van der Waals surface area contributed by atoms with Crippen molar-refractivity contribution in [3.63, 3.8) is 0 Å². The molecule has 0 atom stereocenters. The average molecular weight is 432 g/mol. The van der Waals surface area contributed by atoms with Crippen LogP contribution < -0.4 is 5.32 Å². The summed E-state index contributed by atoms with van der Waals surface area (Å²) < 4.78 is 1.82. The number of piperidine rings is 1. The minimum Gasteiger partial charge on any atom is -0.355 e. The van der Waals surface area contributed by atoms with Gasteiger partial charge in [-0.15, -0.1) is 0 Å². The van der Waals surface area contributed by atoms with Gasteiger partial charge in [-0.3, -0.25) is 14.3 Å². The Labute approximate surface area is 187 Å². The van der Waals surface area contributed by atoms with Gasteiger partial charge in [-0.2, -0.15) is 5.10 Å². The number of likely N-dealkylation sites (tertiary alicyclic amines) is 1. The van der Waals surface area contributed by atoms with Crippen LogP contribution in [0.5, 0.6) is 0 Å². The molecule has 7 nitrogen and oxygen atoms in total. The highest BCUT2D eigenvalue weighted by Crippen LogP contribution is 2.41. The lowest BCUT2D eigenvalue weighted by Crippen LogP contribution is -2.39. The van der Waals surface area contributed by atoms with Gasteiger partial charge in [-0.25, -0.2) is 4.98 Å². The predicted octanol–water partition coefficient (Wildman–Crippen LogP) is 3.15. The molecular weight excluding hydrogens is 402 g/mol. The number of nitrogens with one attached hydrogen (secondary N) is 1. The molecule has 3 aromatic rings. The summed E-state index contributed by atoms with van der Waals surface area (Å²) in [7, 11) is 3.57. The molecule has 2 aliphatic rings. The lowest BCUT2D eigenvalue weighted by Gasteiger charge is -2.31. The first-order valence-corrected chi connectivity index (χ1v) is 11.5. The number of carbonyl (C=O) groups is 2. The van der Waals surface area contributed by atoms with Crippen LogP contribution in [0.3, 0.4) is 0 Å². The highest BCUT2D eigenvalue weighted by Gasteiger charge is 2.32. The minimum absolute atomic E-state index is 0.0935. The largest absolute Gasteiger partial charge is 0.355 e. The van der Waals surface area contributed by atoms with Crippen molar-refractivity contribution >= 4 is 22.8 Å². The van der Waals surface area contributed by atoms with Gasteiger partial charge >= 0.3 is 0 Å². The zero-order valence-corrected chi connectivity index (χ0v) is 18.7. The Morgan fingerprint density at radius 3 is 2.44 bits per heavy atom. The summed E-state index contributed by atoms with van der Waals surface area (Å²) in [4.78, 5) is 32.3. The van der Waals surface area contributed by atoms with E-state index in [9.17, 15) is 9.59 Å². The van der Waals surface area contributed by atoms with E-state index in [1.165, 1.54) is 0 Å². The van der Waals surface area contributed by atoms with Crippen LogP contribution >= 0.6 is 0 Å². The van der Waals surface area contributed by atoms with Crippen LogP contribution in [0, 0.1) is 0 Å². The van der Waals surface area contributed by atoms with Crippen LogP contribution in [-0.2, 0) is 18.3 Å². The van der Waals surface area contributed by atoms with Crippen molar-refractivity contribution in [2.24, 2.45) is 7.05 Å². The van der Waals surface area contributed by atoms with Crippen LogP contribution in [0.2, 0.25) is 0 Å². The molecule has 0 spiro atoms. The molecule has 2 amide bonds. The monoisotopic (exact) mass is 431 g/mol. The predicted molar refractivity (Wildman–Crippen MR) is 123 cm³/mol. The summed E-state index contributed by atoms with van der Waals surface area (Å²) in [6, 6.07) is 11.8. The molecule has 7 heteroatoms. The maximum absolute atomic E-state index is 12.8. The van der Waals surface area contributed by atoms with E-state index in [0.29, 0.717) is 31.0 Å². The summed E-state index contributed by atoms with van der Waals surface area (Å²) in [5.74, 6) is 0.739. The highest BCUT2D eigenvalue weighted by molar-refractivity contribution is 6.06. The van der Waals surface area contributed by atoms with E-state index >= 15 is 0 Å². The Hall–Kier alpha value is -3.22. The Morgan fingerprint density at radius 1 is 1.06 bits per heavy atom. The molecule has 3 heterocycles. The van der Waals surface area contributed by atoms with Crippen LogP contribution in [0.1, 0.15) is 64.8 Å². The normalized spacial score (nSPS) is 17.0.